The van der Waals surface area contributed by atoms with Gasteiger partial charge in [0.25, 0.3) is 0 Å². The van der Waals surface area contributed by atoms with Gasteiger partial charge in [-0.1, -0.05) is 12.1 Å². The number of halogens is 4. The molecular weight excluding hydrogens is 337 g/mol. The lowest BCUT2D eigenvalue weighted by Crippen LogP contribution is -2.16. The van der Waals surface area contributed by atoms with E-state index in [1.165, 1.54) is 31.5 Å². The van der Waals surface area contributed by atoms with Crippen molar-refractivity contribution in [2.45, 2.75) is 6.36 Å². The molecule has 1 heterocycles. The van der Waals surface area contributed by atoms with Crippen molar-refractivity contribution < 1.29 is 27.4 Å². The highest BCUT2D eigenvalue weighted by Gasteiger charge is 2.31. The van der Waals surface area contributed by atoms with Crippen molar-refractivity contribution in [2.24, 2.45) is 0 Å². The van der Waals surface area contributed by atoms with Crippen LogP contribution in [-0.4, -0.2) is 24.4 Å². The number of rotatable bonds is 3. The number of ether oxygens (including phenoxy) is 2. The molecule has 23 heavy (non-hydrogen) atoms. The number of methoxy groups -OCH3 is 1. The van der Waals surface area contributed by atoms with Gasteiger partial charge in [0, 0.05) is 11.8 Å². The van der Waals surface area contributed by atoms with Gasteiger partial charge in [0.1, 0.15) is 11.6 Å². The van der Waals surface area contributed by atoms with Crippen molar-refractivity contribution in [1.82, 2.24) is 4.98 Å². The van der Waals surface area contributed by atoms with Crippen molar-refractivity contribution in [3.63, 3.8) is 0 Å². The summed E-state index contributed by atoms with van der Waals surface area (Å²) in [4.78, 5) is 15.6. The van der Waals surface area contributed by atoms with Crippen LogP contribution in [-0.2, 0) is 4.74 Å². The van der Waals surface area contributed by atoms with Gasteiger partial charge in [0.15, 0.2) is 0 Å². The quantitative estimate of drug-likeness (QED) is 0.860. The van der Waals surface area contributed by atoms with Crippen LogP contribution in [0.4, 0.5) is 19.0 Å². The molecule has 1 aromatic carbocycles. The molecule has 0 bridgehead atoms. The summed E-state index contributed by atoms with van der Waals surface area (Å²) in [6.07, 6.45) is -3.41. The van der Waals surface area contributed by atoms with E-state index in [-0.39, 0.29) is 29.5 Å². The molecule has 0 saturated heterocycles. The van der Waals surface area contributed by atoms with Crippen molar-refractivity contribution in [3.8, 4) is 16.9 Å². The molecule has 2 rings (SSSR count). The van der Waals surface area contributed by atoms with Crippen LogP contribution in [0.25, 0.3) is 11.1 Å². The summed E-state index contributed by atoms with van der Waals surface area (Å²) in [5.41, 5.74) is 6.56. The zero-order chi connectivity index (χ0) is 16.3. The highest BCUT2D eigenvalue weighted by atomic mass is 35.5. The largest absolute Gasteiger partial charge is 0.573 e. The van der Waals surface area contributed by atoms with Crippen molar-refractivity contribution in [3.05, 3.63) is 42.1 Å². The number of carbonyl (C=O) groups is 1. The molecule has 0 fully saturated rings. The maximum absolute atomic E-state index is 12.1. The van der Waals surface area contributed by atoms with Gasteiger partial charge in [0.2, 0.25) is 0 Å². The summed E-state index contributed by atoms with van der Waals surface area (Å²) in [5.74, 6) is -0.861. The van der Waals surface area contributed by atoms with Gasteiger partial charge >= 0.3 is 12.3 Å². The maximum Gasteiger partial charge on any atom is 0.573 e. The number of alkyl halides is 3. The van der Waals surface area contributed by atoms with E-state index in [2.05, 4.69) is 14.5 Å². The molecule has 2 N–H and O–H groups in total. The number of nitrogens with two attached hydrogens (primary N) is 1. The lowest BCUT2D eigenvalue weighted by molar-refractivity contribution is -0.274. The lowest BCUT2D eigenvalue weighted by Gasteiger charge is -2.11. The third-order valence-electron chi connectivity index (χ3n) is 2.73. The molecule has 0 atom stereocenters. The van der Waals surface area contributed by atoms with E-state index >= 15 is 0 Å². The Kier molecular flexibility index (Phi) is 5.80. The van der Waals surface area contributed by atoms with E-state index in [9.17, 15) is 18.0 Å². The average molecular weight is 349 g/mol. The minimum atomic E-state index is -4.76. The van der Waals surface area contributed by atoms with Crippen molar-refractivity contribution in [1.29, 1.82) is 0 Å². The van der Waals surface area contributed by atoms with Gasteiger partial charge in [-0.15, -0.1) is 25.6 Å². The number of anilines is 1. The van der Waals surface area contributed by atoms with E-state index in [0.717, 1.165) is 12.1 Å². The first kappa shape index (κ1) is 18.6. The molecule has 1 aromatic heterocycles. The Morgan fingerprint density at radius 3 is 2.35 bits per heavy atom. The smallest absolute Gasteiger partial charge is 0.465 e. The zero-order valence-electron chi connectivity index (χ0n) is 11.8. The minimum absolute atomic E-state index is 0. The van der Waals surface area contributed by atoms with Crippen LogP contribution in [0.2, 0.25) is 0 Å². The monoisotopic (exact) mass is 348 g/mol. The number of esters is 1. The second kappa shape index (κ2) is 7.19. The van der Waals surface area contributed by atoms with Gasteiger partial charge < -0.3 is 15.2 Å². The highest BCUT2D eigenvalue weighted by molar-refractivity contribution is 5.97. The number of nitrogens with zero attached hydrogens (tertiary/aromatic N) is 1. The van der Waals surface area contributed by atoms with E-state index in [0.29, 0.717) is 11.1 Å². The summed E-state index contributed by atoms with van der Waals surface area (Å²) >= 11 is 0. The summed E-state index contributed by atoms with van der Waals surface area (Å²) in [5, 5.41) is 0. The Morgan fingerprint density at radius 2 is 1.83 bits per heavy atom. The normalized spacial score (nSPS) is 10.6. The standard InChI is InChI=1S/C14H11F3N2O3.ClH/c1-21-13(20)10-6-12(18)19-7-11(10)8-2-4-9(5-3-8)22-14(15,16)17;/h2-7H,1H3,(H2,18,19);1H. The number of hydrogen-bond donors (Lipinski definition) is 1. The topological polar surface area (TPSA) is 74.4 Å². The van der Waals surface area contributed by atoms with E-state index in [1.807, 2.05) is 0 Å². The highest BCUT2D eigenvalue weighted by Crippen LogP contribution is 2.29. The summed E-state index contributed by atoms with van der Waals surface area (Å²) in [6.45, 7) is 0. The third kappa shape index (κ3) is 4.75. The summed E-state index contributed by atoms with van der Waals surface area (Å²) in [7, 11) is 1.21. The van der Waals surface area contributed by atoms with E-state index in [4.69, 9.17) is 5.73 Å². The van der Waals surface area contributed by atoms with Crippen molar-refractivity contribution in [2.75, 3.05) is 12.8 Å². The zero-order valence-corrected chi connectivity index (χ0v) is 12.6. The van der Waals surface area contributed by atoms with Gasteiger partial charge in [-0.3, -0.25) is 0 Å². The molecule has 0 aliphatic heterocycles. The van der Waals surface area contributed by atoms with Gasteiger partial charge in [0.05, 0.1) is 12.7 Å². The Morgan fingerprint density at radius 1 is 1.22 bits per heavy atom. The molecule has 0 spiro atoms. The number of benzene rings is 1. The fraction of sp³-hybridized carbons (Fsp3) is 0.143. The van der Waals surface area contributed by atoms with Crippen LogP contribution in [0.1, 0.15) is 10.4 Å². The Labute approximate surface area is 135 Å². The molecule has 0 saturated carbocycles. The van der Waals surface area contributed by atoms with Crippen LogP contribution in [0.15, 0.2) is 36.5 Å². The fourth-order valence-corrected chi connectivity index (χ4v) is 1.82. The first-order valence-corrected chi connectivity index (χ1v) is 6.00. The fourth-order valence-electron chi connectivity index (χ4n) is 1.82. The second-order valence-corrected chi connectivity index (χ2v) is 4.22. The van der Waals surface area contributed by atoms with Gasteiger partial charge in [-0.2, -0.15) is 0 Å². The summed E-state index contributed by atoms with van der Waals surface area (Å²) in [6, 6.07) is 6.36. The molecular formula is C14H12ClF3N2O3. The van der Waals surface area contributed by atoms with Crippen LogP contribution < -0.4 is 10.5 Å². The third-order valence-corrected chi connectivity index (χ3v) is 2.73. The van der Waals surface area contributed by atoms with Crippen LogP contribution in [0.3, 0.4) is 0 Å². The van der Waals surface area contributed by atoms with E-state index < -0.39 is 12.3 Å². The van der Waals surface area contributed by atoms with Gasteiger partial charge in [-0.05, 0) is 23.8 Å². The molecule has 0 aliphatic carbocycles. The Hall–Kier alpha value is -2.48. The Balaban J connectivity index is 0.00000264. The molecule has 0 unspecified atom stereocenters. The average Bonchev–Trinajstić information content (AvgIpc) is 2.46. The first-order valence-electron chi connectivity index (χ1n) is 6.00. The predicted octanol–water partition coefficient (Wildman–Crippen LogP) is 3.44. The number of nitrogen functional groups attached to an aromatic ring is 1. The van der Waals surface area contributed by atoms with Gasteiger partial charge in [-0.25, -0.2) is 9.78 Å². The second-order valence-electron chi connectivity index (χ2n) is 4.22. The number of hydrogen-bond acceptors (Lipinski definition) is 5. The SMILES string of the molecule is COC(=O)c1cc(N)ncc1-c1ccc(OC(F)(F)F)cc1.Cl. The minimum Gasteiger partial charge on any atom is -0.465 e. The van der Waals surface area contributed by atoms with Crippen LogP contribution in [0.5, 0.6) is 5.75 Å². The molecule has 0 amide bonds. The first-order chi connectivity index (χ1) is 10.3. The number of aromatic nitrogens is 1. The van der Waals surface area contributed by atoms with Crippen molar-refractivity contribution >= 4 is 24.2 Å². The number of pyridine rings is 1. The molecule has 2 aromatic rings. The van der Waals surface area contributed by atoms with E-state index in [1.54, 1.807) is 0 Å². The lowest BCUT2D eigenvalue weighted by atomic mass is 10.0. The molecule has 5 nitrogen and oxygen atoms in total. The Bertz CT molecular complexity index is 691. The molecule has 0 radical (unpaired) electrons. The molecule has 9 heteroatoms. The summed E-state index contributed by atoms with van der Waals surface area (Å²) < 4.78 is 44.8. The van der Waals surface area contributed by atoms with Crippen LogP contribution in [0, 0.1) is 0 Å². The molecule has 124 valence electrons. The number of carbonyl (C=O) groups excluding carboxylic acids is 1. The maximum atomic E-state index is 12.1. The predicted molar refractivity (Wildman–Crippen MR) is 79.4 cm³/mol. The molecule has 0 aliphatic rings. The van der Waals surface area contributed by atoms with Crippen LogP contribution >= 0.6 is 12.4 Å².